The van der Waals surface area contributed by atoms with Gasteiger partial charge in [0.25, 0.3) is 11.6 Å². The molecule has 0 saturated carbocycles. The summed E-state index contributed by atoms with van der Waals surface area (Å²) in [5.74, 6) is -0.399. The van der Waals surface area contributed by atoms with Crippen molar-refractivity contribution in [2.45, 2.75) is 6.42 Å². The van der Waals surface area contributed by atoms with Crippen LogP contribution in [0.4, 0.5) is 17.1 Å². The Bertz CT molecular complexity index is 1370. The zero-order valence-electron chi connectivity index (χ0n) is 20.2. The fourth-order valence-corrected chi connectivity index (χ4v) is 4.53. The molecular formula is C27H27N7O3. The SMILES string of the molecule is O=C(Nc1ccccc1N1CCN(CCc2ccncc2)CC1)c1ccc(-n2ccnc2)c([N+](=O)[O-])c1. The van der Waals surface area contributed by atoms with Crippen LogP contribution in [0.2, 0.25) is 0 Å². The highest BCUT2D eigenvalue weighted by atomic mass is 16.6. The molecule has 1 amide bonds. The largest absolute Gasteiger partial charge is 0.367 e. The number of carbonyl (C=O) groups excluding carboxylic acids is 1. The van der Waals surface area contributed by atoms with Gasteiger partial charge in [0.2, 0.25) is 0 Å². The highest BCUT2D eigenvalue weighted by Gasteiger charge is 2.22. The number of piperazine rings is 1. The maximum Gasteiger partial charge on any atom is 0.294 e. The Labute approximate surface area is 214 Å². The smallest absolute Gasteiger partial charge is 0.294 e. The third-order valence-corrected chi connectivity index (χ3v) is 6.55. The fourth-order valence-electron chi connectivity index (χ4n) is 4.53. The molecule has 1 fully saturated rings. The number of carbonyl (C=O) groups is 1. The lowest BCUT2D eigenvalue weighted by atomic mass is 10.1. The number of amides is 1. The number of aromatic nitrogens is 3. The Morgan fingerprint density at radius 3 is 2.46 bits per heavy atom. The molecule has 3 heterocycles. The van der Waals surface area contributed by atoms with Crippen LogP contribution in [-0.2, 0) is 6.42 Å². The van der Waals surface area contributed by atoms with Crippen LogP contribution in [0.5, 0.6) is 0 Å². The van der Waals surface area contributed by atoms with E-state index in [1.165, 1.54) is 18.0 Å². The van der Waals surface area contributed by atoms with Crippen molar-refractivity contribution in [2.24, 2.45) is 0 Å². The maximum absolute atomic E-state index is 13.1. The molecule has 0 unspecified atom stereocenters. The molecule has 1 N–H and O–H groups in total. The minimum Gasteiger partial charge on any atom is -0.367 e. The van der Waals surface area contributed by atoms with E-state index in [2.05, 4.69) is 37.2 Å². The number of rotatable bonds is 8. The van der Waals surface area contributed by atoms with Crippen molar-refractivity contribution in [2.75, 3.05) is 42.9 Å². The number of nitrogens with one attached hydrogen (secondary N) is 1. The third-order valence-electron chi connectivity index (χ3n) is 6.55. The Kier molecular flexibility index (Phi) is 7.18. The lowest BCUT2D eigenvalue weighted by Crippen LogP contribution is -2.47. The highest BCUT2D eigenvalue weighted by molar-refractivity contribution is 6.06. The van der Waals surface area contributed by atoms with Gasteiger partial charge in [-0.05, 0) is 48.4 Å². The van der Waals surface area contributed by atoms with E-state index in [1.54, 1.807) is 29.1 Å². The standard InChI is InChI=1S/C27H27N7O3/c35-27(22-5-6-25(26(19-22)34(36)37)33-14-12-29-20-33)30-23-3-1-2-4-24(23)32-17-15-31(16-18-32)13-9-21-7-10-28-11-8-21/h1-8,10-12,14,19-20H,9,13,15-18H2,(H,30,35). The van der Waals surface area contributed by atoms with Crippen molar-refractivity contribution in [3.05, 3.63) is 107 Å². The first-order valence-corrected chi connectivity index (χ1v) is 12.1. The molecule has 2 aromatic carbocycles. The number of anilines is 2. The zero-order chi connectivity index (χ0) is 25.6. The minimum atomic E-state index is -0.492. The van der Waals surface area contributed by atoms with E-state index in [4.69, 9.17) is 0 Å². The van der Waals surface area contributed by atoms with Crippen LogP contribution < -0.4 is 10.2 Å². The van der Waals surface area contributed by atoms with Crippen LogP contribution in [0.25, 0.3) is 5.69 Å². The Balaban J connectivity index is 1.25. The number of nitrogens with zero attached hydrogens (tertiary/aromatic N) is 6. The van der Waals surface area contributed by atoms with Gasteiger partial charge in [-0.15, -0.1) is 0 Å². The van der Waals surface area contributed by atoms with E-state index in [-0.39, 0.29) is 11.3 Å². The van der Waals surface area contributed by atoms with E-state index < -0.39 is 10.8 Å². The second kappa shape index (κ2) is 11.0. The summed E-state index contributed by atoms with van der Waals surface area (Å²) in [5, 5.41) is 14.7. The van der Waals surface area contributed by atoms with E-state index >= 15 is 0 Å². The Hall–Kier alpha value is -4.57. The topological polar surface area (TPSA) is 109 Å². The normalized spacial score (nSPS) is 13.9. The molecule has 0 spiro atoms. The molecule has 0 radical (unpaired) electrons. The number of hydrogen-bond acceptors (Lipinski definition) is 7. The summed E-state index contributed by atoms with van der Waals surface area (Å²) in [4.78, 5) is 37.0. The Morgan fingerprint density at radius 2 is 1.73 bits per heavy atom. The summed E-state index contributed by atoms with van der Waals surface area (Å²) in [7, 11) is 0. The zero-order valence-corrected chi connectivity index (χ0v) is 20.2. The van der Waals surface area contributed by atoms with Crippen LogP contribution in [0.3, 0.4) is 0 Å². The second-order valence-corrected chi connectivity index (χ2v) is 8.84. The lowest BCUT2D eigenvalue weighted by Gasteiger charge is -2.37. The first-order valence-electron chi connectivity index (χ1n) is 12.1. The van der Waals surface area contributed by atoms with Crippen LogP contribution in [-0.4, -0.2) is 63.0 Å². The Morgan fingerprint density at radius 1 is 0.946 bits per heavy atom. The summed E-state index contributed by atoms with van der Waals surface area (Å²) in [6.45, 7) is 4.53. The predicted molar refractivity (Wildman–Crippen MR) is 141 cm³/mol. The number of nitro benzene ring substituents is 1. The molecule has 1 saturated heterocycles. The van der Waals surface area contributed by atoms with Gasteiger partial charge >= 0.3 is 0 Å². The van der Waals surface area contributed by atoms with E-state index in [0.717, 1.165) is 44.8 Å². The number of benzene rings is 2. The van der Waals surface area contributed by atoms with Crippen LogP contribution in [0, 0.1) is 10.1 Å². The van der Waals surface area contributed by atoms with Crippen molar-refractivity contribution in [3.8, 4) is 5.69 Å². The van der Waals surface area contributed by atoms with Gasteiger partial charge in [-0.2, -0.15) is 0 Å². The molecular weight excluding hydrogens is 470 g/mol. The van der Waals surface area contributed by atoms with Gasteiger partial charge in [0, 0.05) is 69.1 Å². The molecule has 37 heavy (non-hydrogen) atoms. The molecule has 1 aliphatic rings. The first kappa shape index (κ1) is 24.1. The van der Waals surface area contributed by atoms with Crippen molar-refractivity contribution in [3.63, 3.8) is 0 Å². The van der Waals surface area contributed by atoms with Crippen LogP contribution in [0.1, 0.15) is 15.9 Å². The van der Waals surface area contributed by atoms with Gasteiger partial charge in [0.05, 0.1) is 22.6 Å². The van der Waals surface area contributed by atoms with E-state index in [0.29, 0.717) is 11.4 Å². The van der Waals surface area contributed by atoms with Gasteiger partial charge in [0.1, 0.15) is 5.69 Å². The molecule has 0 aliphatic carbocycles. The number of imidazole rings is 1. The number of nitro groups is 1. The van der Waals surface area contributed by atoms with Crippen LogP contribution >= 0.6 is 0 Å². The van der Waals surface area contributed by atoms with E-state index in [9.17, 15) is 14.9 Å². The van der Waals surface area contributed by atoms with Gasteiger partial charge in [-0.25, -0.2) is 4.98 Å². The summed E-state index contributed by atoms with van der Waals surface area (Å²) >= 11 is 0. The monoisotopic (exact) mass is 497 g/mol. The van der Waals surface area contributed by atoms with E-state index in [1.807, 2.05) is 36.7 Å². The van der Waals surface area contributed by atoms with Gasteiger partial charge in [-0.1, -0.05) is 12.1 Å². The summed E-state index contributed by atoms with van der Waals surface area (Å²) in [5.41, 5.74) is 3.30. The van der Waals surface area contributed by atoms with Crippen molar-refractivity contribution < 1.29 is 9.72 Å². The molecule has 10 nitrogen and oxygen atoms in total. The second-order valence-electron chi connectivity index (χ2n) is 8.84. The molecule has 0 bridgehead atoms. The fraction of sp³-hybridized carbons (Fsp3) is 0.222. The summed E-state index contributed by atoms with van der Waals surface area (Å²) in [6, 6.07) is 16.2. The number of para-hydroxylation sites is 2. The quantitative estimate of drug-likeness (QED) is 0.291. The molecule has 1 aliphatic heterocycles. The average molecular weight is 498 g/mol. The molecule has 5 rings (SSSR count). The molecule has 4 aromatic rings. The minimum absolute atomic E-state index is 0.165. The summed E-state index contributed by atoms with van der Waals surface area (Å²) in [6.07, 6.45) is 9.28. The summed E-state index contributed by atoms with van der Waals surface area (Å²) < 4.78 is 1.55. The van der Waals surface area contributed by atoms with Gasteiger partial charge < -0.3 is 14.8 Å². The maximum atomic E-state index is 13.1. The molecule has 188 valence electrons. The molecule has 2 aromatic heterocycles. The van der Waals surface area contributed by atoms with Crippen molar-refractivity contribution in [1.82, 2.24) is 19.4 Å². The highest BCUT2D eigenvalue weighted by Crippen LogP contribution is 2.29. The van der Waals surface area contributed by atoms with Crippen LogP contribution in [0.15, 0.2) is 85.7 Å². The first-order chi connectivity index (χ1) is 18.1. The third kappa shape index (κ3) is 5.65. The number of hydrogen-bond donors (Lipinski definition) is 1. The van der Waals surface area contributed by atoms with Crippen molar-refractivity contribution in [1.29, 1.82) is 0 Å². The van der Waals surface area contributed by atoms with Gasteiger partial charge in [-0.3, -0.25) is 24.8 Å². The average Bonchev–Trinajstić information content (AvgIpc) is 3.48. The molecule has 0 atom stereocenters. The number of pyridine rings is 1. The predicted octanol–water partition coefficient (Wildman–Crippen LogP) is 3.79. The van der Waals surface area contributed by atoms with Gasteiger partial charge in [0.15, 0.2) is 0 Å². The molecule has 10 heteroatoms. The lowest BCUT2D eigenvalue weighted by molar-refractivity contribution is -0.384. The van der Waals surface area contributed by atoms with Crippen molar-refractivity contribution >= 4 is 23.0 Å².